The number of halogens is 1. The highest BCUT2D eigenvalue weighted by Crippen LogP contribution is 2.31. The van der Waals surface area contributed by atoms with E-state index in [0.29, 0.717) is 6.42 Å². The number of carboxylic acid groups (broad SMARTS) is 1. The van der Waals surface area contributed by atoms with E-state index in [2.05, 4.69) is 4.90 Å². The Bertz CT molecular complexity index is 493. The van der Waals surface area contributed by atoms with Crippen LogP contribution in [0, 0.1) is 11.2 Å². The number of hydrogen-bond acceptors (Lipinski definition) is 2. The molecule has 0 aromatic heterocycles. The fourth-order valence-electron chi connectivity index (χ4n) is 2.69. The number of piperidine rings is 1. The number of nitrogens with zero attached hydrogens (tertiary/aromatic N) is 1. The van der Waals surface area contributed by atoms with Gasteiger partial charge in [0.15, 0.2) is 0 Å². The topological polar surface area (TPSA) is 40.5 Å². The van der Waals surface area contributed by atoms with Gasteiger partial charge in [-0.2, -0.15) is 0 Å². The molecule has 0 bridgehead atoms. The van der Waals surface area contributed by atoms with Gasteiger partial charge in [0.25, 0.3) is 0 Å². The first-order valence-corrected chi connectivity index (χ1v) is 7.17. The SMILES string of the molecule is CC(C)(Cc1cc(F)ccc1N1CCCCC1)C(=O)O. The van der Waals surface area contributed by atoms with Crippen molar-refractivity contribution >= 4 is 11.7 Å². The van der Waals surface area contributed by atoms with Crippen molar-refractivity contribution in [1.82, 2.24) is 0 Å². The first kappa shape index (κ1) is 14.8. The number of benzene rings is 1. The van der Waals surface area contributed by atoms with Gasteiger partial charge in [-0.05, 0) is 63.3 Å². The van der Waals surface area contributed by atoms with Gasteiger partial charge in [0.1, 0.15) is 5.82 Å². The molecule has 1 aromatic carbocycles. The van der Waals surface area contributed by atoms with E-state index >= 15 is 0 Å². The normalized spacial score (nSPS) is 16.2. The standard InChI is InChI=1S/C16H22FNO2/c1-16(2,15(19)20)11-12-10-13(17)6-7-14(12)18-8-4-3-5-9-18/h6-7,10H,3-5,8-9,11H2,1-2H3,(H,19,20). The predicted molar refractivity (Wildman–Crippen MR) is 77.6 cm³/mol. The quantitative estimate of drug-likeness (QED) is 0.917. The van der Waals surface area contributed by atoms with Crippen molar-refractivity contribution in [3.05, 3.63) is 29.6 Å². The van der Waals surface area contributed by atoms with E-state index in [-0.39, 0.29) is 5.82 Å². The molecule has 20 heavy (non-hydrogen) atoms. The minimum absolute atomic E-state index is 0.304. The van der Waals surface area contributed by atoms with E-state index in [1.165, 1.54) is 18.6 Å². The van der Waals surface area contributed by atoms with Crippen LogP contribution in [0.4, 0.5) is 10.1 Å². The fourth-order valence-corrected chi connectivity index (χ4v) is 2.69. The van der Waals surface area contributed by atoms with E-state index in [4.69, 9.17) is 0 Å². The van der Waals surface area contributed by atoms with Crippen LogP contribution >= 0.6 is 0 Å². The minimum Gasteiger partial charge on any atom is -0.481 e. The zero-order chi connectivity index (χ0) is 14.8. The van der Waals surface area contributed by atoms with E-state index in [0.717, 1.165) is 37.2 Å². The predicted octanol–water partition coefficient (Wildman–Crippen LogP) is 3.47. The molecule has 0 amide bonds. The highest BCUT2D eigenvalue weighted by Gasteiger charge is 2.29. The summed E-state index contributed by atoms with van der Waals surface area (Å²) in [5.74, 6) is -1.16. The van der Waals surface area contributed by atoms with Crippen molar-refractivity contribution in [2.45, 2.75) is 39.5 Å². The lowest BCUT2D eigenvalue weighted by Gasteiger charge is -2.32. The Morgan fingerprint density at radius 2 is 1.95 bits per heavy atom. The minimum atomic E-state index is -0.891. The van der Waals surface area contributed by atoms with Gasteiger partial charge in [0, 0.05) is 18.8 Å². The number of hydrogen-bond donors (Lipinski definition) is 1. The van der Waals surface area contributed by atoms with Crippen molar-refractivity contribution < 1.29 is 14.3 Å². The van der Waals surface area contributed by atoms with Crippen LogP contribution < -0.4 is 4.90 Å². The largest absolute Gasteiger partial charge is 0.481 e. The highest BCUT2D eigenvalue weighted by molar-refractivity contribution is 5.74. The molecule has 1 heterocycles. The Kier molecular flexibility index (Phi) is 4.31. The van der Waals surface area contributed by atoms with Gasteiger partial charge in [-0.3, -0.25) is 4.79 Å². The third-order valence-corrected chi connectivity index (χ3v) is 3.95. The highest BCUT2D eigenvalue weighted by atomic mass is 19.1. The monoisotopic (exact) mass is 279 g/mol. The summed E-state index contributed by atoms with van der Waals surface area (Å²) in [6, 6.07) is 4.73. The van der Waals surface area contributed by atoms with Crippen molar-refractivity contribution in [2.24, 2.45) is 5.41 Å². The summed E-state index contributed by atoms with van der Waals surface area (Å²) >= 11 is 0. The molecule has 1 N–H and O–H groups in total. The molecule has 0 radical (unpaired) electrons. The van der Waals surface area contributed by atoms with Crippen molar-refractivity contribution in [1.29, 1.82) is 0 Å². The third-order valence-electron chi connectivity index (χ3n) is 3.95. The maximum absolute atomic E-state index is 13.5. The summed E-state index contributed by atoms with van der Waals surface area (Å²) in [5.41, 5.74) is 0.887. The summed E-state index contributed by atoms with van der Waals surface area (Å²) in [4.78, 5) is 13.5. The molecule has 3 nitrogen and oxygen atoms in total. The van der Waals surface area contributed by atoms with Crippen LogP contribution in [0.15, 0.2) is 18.2 Å². The van der Waals surface area contributed by atoms with Crippen LogP contribution in [0.25, 0.3) is 0 Å². The van der Waals surface area contributed by atoms with Gasteiger partial charge in [-0.15, -0.1) is 0 Å². The lowest BCUT2D eigenvalue weighted by molar-refractivity contribution is -0.146. The molecule has 1 aromatic rings. The van der Waals surface area contributed by atoms with Crippen LogP contribution in [-0.2, 0) is 11.2 Å². The average molecular weight is 279 g/mol. The van der Waals surface area contributed by atoms with Gasteiger partial charge >= 0.3 is 5.97 Å². The Morgan fingerprint density at radius 3 is 2.55 bits per heavy atom. The number of anilines is 1. The molecular weight excluding hydrogens is 257 g/mol. The summed E-state index contributed by atoms with van der Waals surface area (Å²) in [7, 11) is 0. The molecule has 0 saturated carbocycles. The molecule has 0 aliphatic carbocycles. The molecule has 0 spiro atoms. The van der Waals surface area contributed by atoms with Crippen LogP contribution in [0.5, 0.6) is 0 Å². The zero-order valence-electron chi connectivity index (χ0n) is 12.2. The summed E-state index contributed by atoms with van der Waals surface area (Å²) in [6.07, 6.45) is 3.85. The second kappa shape index (κ2) is 5.81. The zero-order valence-corrected chi connectivity index (χ0v) is 12.2. The molecule has 1 saturated heterocycles. The van der Waals surface area contributed by atoms with Crippen molar-refractivity contribution in [3.8, 4) is 0 Å². The number of carboxylic acids is 1. The van der Waals surface area contributed by atoms with Gasteiger partial charge in [-0.1, -0.05) is 0 Å². The molecule has 4 heteroatoms. The molecule has 1 fully saturated rings. The molecule has 0 unspecified atom stereocenters. The Morgan fingerprint density at radius 1 is 1.30 bits per heavy atom. The van der Waals surface area contributed by atoms with Gasteiger partial charge in [-0.25, -0.2) is 4.39 Å². The first-order valence-electron chi connectivity index (χ1n) is 7.17. The molecule has 0 atom stereocenters. The Labute approximate surface area is 119 Å². The molecule has 110 valence electrons. The smallest absolute Gasteiger partial charge is 0.309 e. The van der Waals surface area contributed by atoms with Gasteiger partial charge < -0.3 is 10.0 Å². The van der Waals surface area contributed by atoms with Gasteiger partial charge in [0.05, 0.1) is 5.41 Å². The lowest BCUT2D eigenvalue weighted by atomic mass is 9.85. The number of rotatable bonds is 4. The summed E-state index contributed by atoms with van der Waals surface area (Å²) < 4.78 is 13.5. The number of carbonyl (C=O) groups is 1. The fraction of sp³-hybridized carbons (Fsp3) is 0.562. The van der Waals surface area contributed by atoms with Crippen LogP contribution in [0.1, 0.15) is 38.7 Å². The van der Waals surface area contributed by atoms with Gasteiger partial charge in [0.2, 0.25) is 0 Å². The van der Waals surface area contributed by atoms with E-state index in [1.54, 1.807) is 19.9 Å². The number of aliphatic carboxylic acids is 1. The first-order chi connectivity index (χ1) is 9.40. The molecule has 1 aliphatic rings. The van der Waals surface area contributed by atoms with Crippen LogP contribution in [-0.4, -0.2) is 24.2 Å². The average Bonchev–Trinajstić information content (AvgIpc) is 2.39. The second-order valence-corrected chi connectivity index (χ2v) is 6.19. The molecular formula is C16H22FNO2. The third kappa shape index (κ3) is 3.30. The van der Waals surface area contributed by atoms with Crippen LogP contribution in [0.3, 0.4) is 0 Å². The van der Waals surface area contributed by atoms with Crippen molar-refractivity contribution in [2.75, 3.05) is 18.0 Å². The maximum atomic E-state index is 13.5. The molecule has 1 aliphatic heterocycles. The van der Waals surface area contributed by atoms with E-state index < -0.39 is 11.4 Å². The van der Waals surface area contributed by atoms with Crippen molar-refractivity contribution in [3.63, 3.8) is 0 Å². The summed E-state index contributed by atoms with van der Waals surface area (Å²) in [6.45, 7) is 5.29. The summed E-state index contributed by atoms with van der Waals surface area (Å²) in [5, 5.41) is 9.27. The second-order valence-electron chi connectivity index (χ2n) is 6.19. The van der Waals surface area contributed by atoms with E-state index in [1.807, 2.05) is 0 Å². The Balaban J connectivity index is 2.30. The Hall–Kier alpha value is -1.58. The maximum Gasteiger partial charge on any atom is 0.309 e. The van der Waals surface area contributed by atoms with E-state index in [9.17, 15) is 14.3 Å². The molecule has 2 rings (SSSR count). The lowest BCUT2D eigenvalue weighted by Crippen LogP contribution is -2.32. The van der Waals surface area contributed by atoms with Crippen LogP contribution in [0.2, 0.25) is 0 Å².